The van der Waals surface area contributed by atoms with Crippen LogP contribution in [0.15, 0.2) is 75.3 Å². The fourth-order valence-electron chi connectivity index (χ4n) is 4.03. The molecule has 5 rings (SSSR count). The average Bonchev–Trinajstić information content (AvgIpc) is 2.79. The Hall–Kier alpha value is -3.92. The normalized spacial score (nSPS) is 14.6. The van der Waals surface area contributed by atoms with Gasteiger partial charge in [0.05, 0.1) is 34.1 Å². The number of aliphatic imine (C=N–C) groups is 1. The molecule has 34 heavy (non-hydrogen) atoms. The number of pyridine rings is 1. The van der Waals surface area contributed by atoms with Crippen molar-refractivity contribution in [3.63, 3.8) is 0 Å². The Morgan fingerprint density at radius 2 is 1.74 bits per heavy atom. The first-order chi connectivity index (χ1) is 16.2. The van der Waals surface area contributed by atoms with Crippen LogP contribution in [-0.2, 0) is 16.4 Å². The molecule has 0 amide bonds. The molecule has 3 aromatic carbocycles. The Morgan fingerprint density at radius 1 is 0.971 bits per heavy atom. The summed E-state index contributed by atoms with van der Waals surface area (Å²) in [5.41, 5.74) is -0.960. The Labute approximate surface area is 191 Å². The predicted octanol–water partition coefficient (Wildman–Crippen LogP) is 4.08. The molecule has 0 fully saturated rings. The van der Waals surface area contributed by atoms with Crippen molar-refractivity contribution in [3.05, 3.63) is 99.6 Å². The molecule has 1 N–H and O–H groups in total. The van der Waals surface area contributed by atoms with E-state index in [1.54, 1.807) is 12.1 Å². The standard InChI is InChI=1S/C24H15F3N2O4S/c25-14-6-8-20-15(10-14)23(30)22(19-12-34(32,33)21-4-2-1-3-18(21)28-19)24(31)29(20)11-13-5-7-16(26)17(27)9-13/h1-10,30H,11-12H2. The Bertz CT molecular complexity index is 1700. The van der Waals surface area contributed by atoms with Crippen LogP contribution in [0.5, 0.6) is 5.75 Å². The Balaban J connectivity index is 1.79. The van der Waals surface area contributed by atoms with E-state index in [1.165, 1.54) is 24.3 Å². The van der Waals surface area contributed by atoms with Gasteiger partial charge in [0.1, 0.15) is 17.1 Å². The molecule has 6 nitrogen and oxygen atoms in total. The lowest BCUT2D eigenvalue weighted by Crippen LogP contribution is -2.32. The van der Waals surface area contributed by atoms with E-state index in [4.69, 9.17) is 0 Å². The summed E-state index contributed by atoms with van der Waals surface area (Å²) in [5.74, 6) is -4.14. The molecule has 0 aliphatic carbocycles. The van der Waals surface area contributed by atoms with Crippen molar-refractivity contribution in [2.75, 3.05) is 5.75 Å². The number of aromatic nitrogens is 1. The molecule has 1 aromatic heterocycles. The molecule has 172 valence electrons. The minimum absolute atomic E-state index is 0.00723. The lowest BCUT2D eigenvalue weighted by molar-refractivity contribution is 0.477. The highest BCUT2D eigenvalue weighted by molar-refractivity contribution is 7.92. The number of fused-ring (bicyclic) bond motifs is 2. The first-order valence-corrected chi connectivity index (χ1v) is 11.7. The van der Waals surface area contributed by atoms with Crippen LogP contribution >= 0.6 is 0 Å². The highest BCUT2D eigenvalue weighted by atomic mass is 32.2. The second kappa shape index (κ2) is 7.84. The van der Waals surface area contributed by atoms with Gasteiger partial charge in [-0.15, -0.1) is 0 Å². The van der Waals surface area contributed by atoms with Crippen molar-refractivity contribution in [2.24, 2.45) is 4.99 Å². The van der Waals surface area contributed by atoms with Gasteiger partial charge in [0.25, 0.3) is 5.56 Å². The van der Waals surface area contributed by atoms with Crippen molar-refractivity contribution < 1.29 is 26.7 Å². The molecular formula is C24H15F3N2O4S. The summed E-state index contributed by atoms with van der Waals surface area (Å²) < 4.78 is 68.0. The third-order valence-electron chi connectivity index (χ3n) is 5.60. The number of para-hydroxylation sites is 1. The van der Waals surface area contributed by atoms with Crippen molar-refractivity contribution in [1.82, 2.24) is 4.57 Å². The van der Waals surface area contributed by atoms with Gasteiger partial charge in [0.2, 0.25) is 0 Å². The molecule has 0 bridgehead atoms. The first-order valence-electron chi connectivity index (χ1n) is 10.0. The summed E-state index contributed by atoms with van der Waals surface area (Å²) in [6, 6.07) is 12.4. The summed E-state index contributed by atoms with van der Waals surface area (Å²) in [6.45, 7) is -0.248. The van der Waals surface area contributed by atoms with Crippen molar-refractivity contribution in [3.8, 4) is 5.75 Å². The Kier molecular flexibility index (Phi) is 5.05. The van der Waals surface area contributed by atoms with Crippen LogP contribution in [0.1, 0.15) is 11.1 Å². The largest absolute Gasteiger partial charge is 0.506 e. The number of halogens is 3. The maximum absolute atomic E-state index is 14.1. The van der Waals surface area contributed by atoms with Crippen LogP contribution in [0.4, 0.5) is 18.9 Å². The maximum Gasteiger partial charge on any atom is 0.264 e. The predicted molar refractivity (Wildman–Crippen MR) is 120 cm³/mol. The number of hydrogen-bond acceptors (Lipinski definition) is 5. The number of rotatable bonds is 3. The van der Waals surface area contributed by atoms with Gasteiger partial charge in [-0.25, -0.2) is 21.6 Å². The van der Waals surface area contributed by atoms with Crippen molar-refractivity contribution in [1.29, 1.82) is 0 Å². The van der Waals surface area contributed by atoms with E-state index in [2.05, 4.69) is 4.99 Å². The molecule has 10 heteroatoms. The van der Waals surface area contributed by atoms with Gasteiger partial charge in [-0.3, -0.25) is 9.79 Å². The first kappa shape index (κ1) is 21.9. The Morgan fingerprint density at radius 3 is 2.50 bits per heavy atom. The van der Waals surface area contributed by atoms with E-state index in [9.17, 15) is 31.5 Å². The third kappa shape index (κ3) is 3.56. The highest BCUT2D eigenvalue weighted by Gasteiger charge is 2.31. The number of benzene rings is 3. The van der Waals surface area contributed by atoms with Gasteiger partial charge >= 0.3 is 0 Å². The quantitative estimate of drug-likeness (QED) is 0.475. The van der Waals surface area contributed by atoms with E-state index in [0.717, 1.165) is 28.8 Å². The molecule has 0 spiro atoms. The van der Waals surface area contributed by atoms with Gasteiger partial charge in [-0.05, 0) is 48.0 Å². The molecule has 0 saturated heterocycles. The number of sulfone groups is 1. The van der Waals surface area contributed by atoms with Gasteiger partial charge in [0, 0.05) is 5.39 Å². The summed E-state index contributed by atoms with van der Waals surface area (Å²) in [7, 11) is -3.87. The van der Waals surface area contributed by atoms with Crippen LogP contribution in [-0.4, -0.2) is 29.6 Å². The summed E-state index contributed by atoms with van der Waals surface area (Å²) in [6.07, 6.45) is 0. The topological polar surface area (TPSA) is 88.7 Å². The van der Waals surface area contributed by atoms with E-state index in [-0.39, 0.29) is 39.3 Å². The van der Waals surface area contributed by atoms with E-state index < -0.39 is 49.9 Å². The fourth-order valence-corrected chi connectivity index (χ4v) is 5.47. The van der Waals surface area contributed by atoms with E-state index in [0.29, 0.717) is 0 Å². The molecule has 0 saturated carbocycles. The van der Waals surface area contributed by atoms with Crippen LogP contribution in [0.25, 0.3) is 10.9 Å². The van der Waals surface area contributed by atoms with Gasteiger partial charge < -0.3 is 9.67 Å². The molecule has 0 unspecified atom stereocenters. The zero-order valence-electron chi connectivity index (χ0n) is 17.3. The van der Waals surface area contributed by atoms with E-state index in [1.807, 2.05) is 0 Å². The van der Waals surface area contributed by atoms with Gasteiger partial charge in [-0.2, -0.15) is 0 Å². The molecule has 1 aliphatic heterocycles. The number of aromatic hydroxyl groups is 1. The maximum atomic E-state index is 14.1. The van der Waals surface area contributed by atoms with Crippen LogP contribution in [0.3, 0.4) is 0 Å². The average molecular weight is 484 g/mol. The zero-order valence-corrected chi connectivity index (χ0v) is 18.1. The molecule has 0 radical (unpaired) electrons. The van der Waals surface area contributed by atoms with Crippen molar-refractivity contribution in [2.45, 2.75) is 11.4 Å². The van der Waals surface area contributed by atoms with E-state index >= 15 is 0 Å². The summed E-state index contributed by atoms with van der Waals surface area (Å²) >= 11 is 0. The molecule has 1 aliphatic rings. The van der Waals surface area contributed by atoms with Crippen LogP contribution in [0.2, 0.25) is 0 Å². The second-order valence-electron chi connectivity index (χ2n) is 7.81. The van der Waals surface area contributed by atoms with Gasteiger partial charge in [-0.1, -0.05) is 18.2 Å². The minimum Gasteiger partial charge on any atom is -0.506 e. The fraction of sp³-hybridized carbons (Fsp3) is 0.0833. The minimum atomic E-state index is -3.87. The molecule has 4 aromatic rings. The zero-order chi connectivity index (χ0) is 24.2. The lowest BCUT2D eigenvalue weighted by atomic mass is 10.1. The SMILES string of the molecule is O=c1c(C2=Nc3ccccc3S(=O)(=O)C2)c(O)c2cc(F)ccc2n1Cc1ccc(F)c(F)c1. The second-order valence-corrected chi connectivity index (χ2v) is 9.77. The highest BCUT2D eigenvalue weighted by Crippen LogP contribution is 2.34. The lowest BCUT2D eigenvalue weighted by Gasteiger charge is -2.19. The summed E-state index contributed by atoms with van der Waals surface area (Å²) in [5, 5.41) is 10.9. The third-order valence-corrected chi connectivity index (χ3v) is 7.26. The van der Waals surface area contributed by atoms with Crippen LogP contribution in [0, 0.1) is 17.5 Å². The molecule has 0 atom stereocenters. The number of nitrogens with zero attached hydrogens (tertiary/aromatic N) is 2. The smallest absolute Gasteiger partial charge is 0.264 e. The molecular weight excluding hydrogens is 469 g/mol. The van der Waals surface area contributed by atoms with Gasteiger partial charge in [0.15, 0.2) is 21.5 Å². The van der Waals surface area contributed by atoms with Crippen molar-refractivity contribution >= 4 is 32.1 Å². The van der Waals surface area contributed by atoms with Crippen LogP contribution < -0.4 is 5.56 Å². The molecule has 2 heterocycles. The monoisotopic (exact) mass is 484 g/mol. The summed E-state index contributed by atoms with van der Waals surface area (Å²) in [4.78, 5) is 17.8. The number of hydrogen-bond donors (Lipinski definition) is 1.